The van der Waals surface area contributed by atoms with E-state index in [2.05, 4.69) is 19.2 Å². The third-order valence-corrected chi connectivity index (χ3v) is 1.86. The van der Waals surface area contributed by atoms with Crippen molar-refractivity contribution >= 4 is 17.2 Å². The van der Waals surface area contributed by atoms with Gasteiger partial charge in [-0.2, -0.15) is 0 Å². The molecule has 0 saturated carbocycles. The molecule has 0 bridgehead atoms. The van der Waals surface area contributed by atoms with Crippen molar-refractivity contribution in [3.8, 4) is 0 Å². The molecule has 0 aliphatic heterocycles. The summed E-state index contributed by atoms with van der Waals surface area (Å²) in [6, 6.07) is 0. The highest BCUT2D eigenvalue weighted by Gasteiger charge is 1.89. The van der Waals surface area contributed by atoms with E-state index in [1.807, 2.05) is 0 Å². The van der Waals surface area contributed by atoms with Gasteiger partial charge in [-0.05, 0) is 12.8 Å². The molecule has 0 heterocycles. The molecule has 0 radical (unpaired) electrons. The van der Waals surface area contributed by atoms with Gasteiger partial charge < -0.3 is 5.32 Å². The van der Waals surface area contributed by atoms with Crippen LogP contribution in [0.4, 0.5) is 0 Å². The van der Waals surface area contributed by atoms with Gasteiger partial charge in [0.15, 0.2) is 0 Å². The van der Waals surface area contributed by atoms with Crippen LogP contribution in [0.25, 0.3) is 0 Å². The van der Waals surface area contributed by atoms with Gasteiger partial charge in [0.05, 0.1) is 4.99 Å². The molecule has 1 nitrogen and oxygen atoms in total. The molecule has 1 N–H and O–H groups in total. The fourth-order valence-electron chi connectivity index (χ4n) is 0.728. The van der Waals surface area contributed by atoms with E-state index in [4.69, 9.17) is 12.2 Å². The lowest BCUT2D eigenvalue weighted by molar-refractivity contribution is 0.695. The predicted octanol–water partition coefficient (Wildman–Crippen LogP) is 2.50. The topological polar surface area (TPSA) is 12.0 Å². The summed E-state index contributed by atoms with van der Waals surface area (Å²) < 4.78 is 0. The van der Waals surface area contributed by atoms with Crippen LogP contribution >= 0.6 is 12.2 Å². The summed E-state index contributed by atoms with van der Waals surface area (Å²) in [5, 5.41) is 3.20. The molecular formula is C8H17NS. The van der Waals surface area contributed by atoms with Crippen LogP contribution < -0.4 is 5.32 Å². The molecule has 0 saturated heterocycles. The summed E-state index contributed by atoms with van der Waals surface area (Å²) in [4.78, 5) is 0.996. The third kappa shape index (κ3) is 6.02. The van der Waals surface area contributed by atoms with E-state index >= 15 is 0 Å². The quantitative estimate of drug-likeness (QED) is 0.488. The lowest BCUT2D eigenvalue weighted by atomic mass is 10.2. The molecule has 0 unspecified atom stereocenters. The largest absolute Gasteiger partial charge is 0.380 e. The maximum absolute atomic E-state index is 4.99. The SMILES string of the molecule is CCCCCNC(=S)CC. The Morgan fingerprint density at radius 1 is 1.30 bits per heavy atom. The number of hydrogen-bond acceptors (Lipinski definition) is 1. The van der Waals surface area contributed by atoms with Crippen molar-refractivity contribution in [3.63, 3.8) is 0 Å². The Kier molecular flexibility index (Phi) is 6.93. The second-order valence-electron chi connectivity index (χ2n) is 2.41. The highest BCUT2D eigenvalue weighted by Crippen LogP contribution is 1.91. The van der Waals surface area contributed by atoms with Crippen LogP contribution in [0.5, 0.6) is 0 Å². The first-order chi connectivity index (χ1) is 4.81. The zero-order valence-corrected chi connectivity index (χ0v) is 7.76. The van der Waals surface area contributed by atoms with Crippen LogP contribution in [0.3, 0.4) is 0 Å². The van der Waals surface area contributed by atoms with Crippen molar-refractivity contribution in [2.24, 2.45) is 0 Å². The molecule has 0 atom stereocenters. The van der Waals surface area contributed by atoms with E-state index in [9.17, 15) is 0 Å². The van der Waals surface area contributed by atoms with Gasteiger partial charge in [-0.1, -0.05) is 38.9 Å². The second kappa shape index (κ2) is 7.00. The maximum atomic E-state index is 4.99. The molecule has 0 amide bonds. The van der Waals surface area contributed by atoms with Gasteiger partial charge in [-0.3, -0.25) is 0 Å². The summed E-state index contributed by atoms with van der Waals surface area (Å²) >= 11 is 4.99. The molecule has 2 heteroatoms. The van der Waals surface area contributed by atoms with Crippen molar-refractivity contribution < 1.29 is 0 Å². The van der Waals surface area contributed by atoms with Gasteiger partial charge in [-0.15, -0.1) is 0 Å². The normalized spacial score (nSPS) is 9.40. The van der Waals surface area contributed by atoms with Crippen LogP contribution in [-0.4, -0.2) is 11.5 Å². The highest BCUT2D eigenvalue weighted by molar-refractivity contribution is 7.80. The predicted molar refractivity (Wildman–Crippen MR) is 50.4 cm³/mol. The van der Waals surface area contributed by atoms with Gasteiger partial charge in [0.25, 0.3) is 0 Å². The molecule has 0 aliphatic rings. The second-order valence-corrected chi connectivity index (χ2v) is 2.90. The Labute approximate surface area is 69.2 Å². The Balaban J connectivity index is 2.96. The standard InChI is InChI=1S/C8H17NS/c1-3-5-6-7-9-8(10)4-2/h3-7H2,1-2H3,(H,9,10). The van der Waals surface area contributed by atoms with Gasteiger partial charge in [0, 0.05) is 6.54 Å². The maximum Gasteiger partial charge on any atom is 0.0750 e. The summed E-state index contributed by atoms with van der Waals surface area (Å²) in [6.07, 6.45) is 4.80. The number of unbranched alkanes of at least 4 members (excludes halogenated alkanes) is 2. The van der Waals surface area contributed by atoms with E-state index < -0.39 is 0 Å². The van der Waals surface area contributed by atoms with Crippen LogP contribution in [0.1, 0.15) is 39.5 Å². The summed E-state index contributed by atoms with van der Waals surface area (Å²) in [7, 11) is 0. The first-order valence-corrected chi connectivity index (χ1v) is 4.48. The molecule has 0 aromatic rings. The van der Waals surface area contributed by atoms with Crippen LogP contribution in [0.2, 0.25) is 0 Å². The van der Waals surface area contributed by atoms with Crippen molar-refractivity contribution in [1.29, 1.82) is 0 Å². The van der Waals surface area contributed by atoms with E-state index in [0.29, 0.717) is 0 Å². The van der Waals surface area contributed by atoms with Crippen LogP contribution in [0.15, 0.2) is 0 Å². The average molecular weight is 159 g/mol. The molecule has 0 fully saturated rings. The van der Waals surface area contributed by atoms with E-state index in [0.717, 1.165) is 18.0 Å². The molecule has 0 aromatic carbocycles. The monoisotopic (exact) mass is 159 g/mol. The smallest absolute Gasteiger partial charge is 0.0750 e. The Hall–Kier alpha value is -0.110. The number of thiocarbonyl (C=S) groups is 1. The molecule has 0 aliphatic carbocycles. The summed E-state index contributed by atoms with van der Waals surface area (Å²) in [5.74, 6) is 0. The average Bonchev–Trinajstić information content (AvgIpc) is 1.98. The molecular weight excluding hydrogens is 142 g/mol. The summed E-state index contributed by atoms with van der Waals surface area (Å²) in [5.41, 5.74) is 0. The van der Waals surface area contributed by atoms with Gasteiger partial charge in [-0.25, -0.2) is 0 Å². The van der Waals surface area contributed by atoms with E-state index in [-0.39, 0.29) is 0 Å². The van der Waals surface area contributed by atoms with Gasteiger partial charge >= 0.3 is 0 Å². The Bertz CT molecular complexity index is 91.3. The van der Waals surface area contributed by atoms with Crippen LogP contribution in [0, 0.1) is 0 Å². The zero-order valence-electron chi connectivity index (χ0n) is 6.94. The fourth-order valence-corrected chi connectivity index (χ4v) is 0.830. The highest BCUT2D eigenvalue weighted by atomic mass is 32.1. The van der Waals surface area contributed by atoms with E-state index in [1.165, 1.54) is 19.3 Å². The zero-order chi connectivity index (χ0) is 7.82. The number of nitrogens with one attached hydrogen (secondary N) is 1. The first-order valence-electron chi connectivity index (χ1n) is 4.08. The minimum atomic E-state index is 0.974. The Morgan fingerprint density at radius 2 is 2.00 bits per heavy atom. The van der Waals surface area contributed by atoms with E-state index in [1.54, 1.807) is 0 Å². The lowest BCUT2D eigenvalue weighted by Crippen LogP contribution is -2.21. The van der Waals surface area contributed by atoms with Crippen molar-refractivity contribution in [2.75, 3.05) is 6.54 Å². The first kappa shape index (κ1) is 9.89. The van der Waals surface area contributed by atoms with Crippen molar-refractivity contribution in [2.45, 2.75) is 39.5 Å². The minimum Gasteiger partial charge on any atom is -0.380 e. The van der Waals surface area contributed by atoms with Gasteiger partial charge in [0.1, 0.15) is 0 Å². The molecule has 0 spiro atoms. The molecule has 0 aromatic heterocycles. The fraction of sp³-hybridized carbons (Fsp3) is 0.875. The summed E-state index contributed by atoms with van der Waals surface area (Å²) in [6.45, 7) is 5.34. The van der Waals surface area contributed by atoms with Gasteiger partial charge in [0.2, 0.25) is 0 Å². The molecule has 0 rings (SSSR count). The number of hydrogen-bond donors (Lipinski definition) is 1. The third-order valence-electron chi connectivity index (χ3n) is 1.42. The molecule has 60 valence electrons. The lowest BCUT2D eigenvalue weighted by Gasteiger charge is -2.03. The minimum absolute atomic E-state index is 0.974. The number of rotatable bonds is 5. The van der Waals surface area contributed by atoms with Crippen LogP contribution in [-0.2, 0) is 0 Å². The van der Waals surface area contributed by atoms with Crippen molar-refractivity contribution in [3.05, 3.63) is 0 Å². The van der Waals surface area contributed by atoms with Crippen molar-refractivity contribution in [1.82, 2.24) is 5.32 Å². The Morgan fingerprint density at radius 3 is 2.50 bits per heavy atom. The molecule has 10 heavy (non-hydrogen) atoms.